The third kappa shape index (κ3) is 4.64. The first-order valence-corrected chi connectivity index (χ1v) is 5.59. The number of nitrogens with two attached hydrogens (primary N) is 1. The van der Waals surface area contributed by atoms with Gasteiger partial charge in [0.05, 0.1) is 6.54 Å². The van der Waals surface area contributed by atoms with E-state index in [1.807, 2.05) is 6.92 Å². The predicted octanol–water partition coefficient (Wildman–Crippen LogP) is 1.90. The van der Waals surface area contributed by atoms with Crippen molar-refractivity contribution in [3.05, 3.63) is 0 Å². The van der Waals surface area contributed by atoms with Gasteiger partial charge in [0.2, 0.25) is 0 Å². The Morgan fingerprint density at radius 2 is 1.79 bits per heavy atom. The van der Waals surface area contributed by atoms with Crippen LogP contribution in [0.15, 0.2) is 0 Å². The topological polar surface area (TPSA) is 38.0 Å². The molecule has 0 amide bonds. The zero-order valence-electron chi connectivity index (χ0n) is 9.82. The highest BCUT2D eigenvalue weighted by atomic mass is 15.0. The molecule has 0 heterocycles. The van der Waals surface area contributed by atoms with E-state index in [1.165, 1.54) is 12.8 Å². The van der Waals surface area contributed by atoms with Crippen molar-refractivity contribution in [3.63, 3.8) is 0 Å². The molecule has 82 valence electrons. The minimum Gasteiger partial charge on any atom is -0.329 e. The van der Waals surface area contributed by atoms with Crippen molar-refractivity contribution in [1.82, 2.24) is 5.32 Å². The van der Waals surface area contributed by atoms with Crippen molar-refractivity contribution in [1.29, 1.82) is 0 Å². The molecule has 0 atom stereocenters. The summed E-state index contributed by atoms with van der Waals surface area (Å²) < 4.78 is 0. The third-order valence-corrected chi connectivity index (χ3v) is 2.58. The van der Waals surface area contributed by atoms with Crippen molar-refractivity contribution < 1.29 is 0 Å². The minimum atomic E-state index is 0.118. The summed E-state index contributed by atoms with van der Waals surface area (Å²) in [6.45, 7) is 7.74. The molecule has 0 aliphatic rings. The van der Waals surface area contributed by atoms with Crippen LogP contribution in [-0.4, -0.2) is 18.6 Å². The van der Waals surface area contributed by atoms with Crippen LogP contribution in [0, 0.1) is 11.8 Å². The summed E-state index contributed by atoms with van der Waals surface area (Å²) in [5.74, 6) is 5.93. The van der Waals surface area contributed by atoms with Gasteiger partial charge in [0.15, 0.2) is 0 Å². The van der Waals surface area contributed by atoms with Crippen molar-refractivity contribution in [3.8, 4) is 11.8 Å². The molecule has 0 saturated heterocycles. The van der Waals surface area contributed by atoms with E-state index in [4.69, 9.17) is 5.73 Å². The summed E-state index contributed by atoms with van der Waals surface area (Å²) in [6.07, 6.45) is 4.62. The van der Waals surface area contributed by atoms with Gasteiger partial charge in [-0.05, 0) is 19.8 Å². The van der Waals surface area contributed by atoms with Crippen molar-refractivity contribution >= 4 is 0 Å². The second kappa shape index (κ2) is 7.84. The molecule has 0 aromatic carbocycles. The molecular formula is C12H24N2. The molecular weight excluding hydrogens is 172 g/mol. The van der Waals surface area contributed by atoms with Gasteiger partial charge in [0.1, 0.15) is 0 Å². The van der Waals surface area contributed by atoms with E-state index < -0.39 is 0 Å². The average molecular weight is 196 g/mol. The quantitative estimate of drug-likeness (QED) is 0.610. The lowest BCUT2D eigenvalue weighted by Crippen LogP contribution is -2.51. The molecule has 0 saturated carbocycles. The van der Waals surface area contributed by atoms with Gasteiger partial charge < -0.3 is 5.73 Å². The van der Waals surface area contributed by atoms with Crippen LogP contribution in [0.2, 0.25) is 0 Å². The van der Waals surface area contributed by atoms with Gasteiger partial charge in [-0.1, -0.05) is 32.6 Å². The highest BCUT2D eigenvalue weighted by Crippen LogP contribution is 2.17. The van der Waals surface area contributed by atoms with E-state index in [2.05, 4.69) is 31.0 Å². The van der Waals surface area contributed by atoms with E-state index in [0.717, 1.165) is 19.4 Å². The monoisotopic (exact) mass is 196 g/mol. The summed E-state index contributed by atoms with van der Waals surface area (Å²) in [5.41, 5.74) is 5.97. The Morgan fingerprint density at radius 1 is 1.21 bits per heavy atom. The van der Waals surface area contributed by atoms with Gasteiger partial charge in [-0.2, -0.15) is 0 Å². The zero-order chi connectivity index (χ0) is 10.9. The van der Waals surface area contributed by atoms with E-state index in [1.54, 1.807) is 0 Å². The van der Waals surface area contributed by atoms with Crippen molar-refractivity contribution in [2.45, 2.75) is 52.0 Å². The molecule has 0 bridgehead atoms. The van der Waals surface area contributed by atoms with E-state index in [-0.39, 0.29) is 5.54 Å². The number of hydrogen-bond acceptors (Lipinski definition) is 2. The zero-order valence-corrected chi connectivity index (χ0v) is 9.82. The summed E-state index contributed by atoms with van der Waals surface area (Å²) in [7, 11) is 0. The molecule has 3 N–H and O–H groups in total. The lowest BCUT2D eigenvalue weighted by atomic mass is 9.88. The first-order valence-electron chi connectivity index (χ1n) is 5.59. The Balaban J connectivity index is 4.21. The van der Waals surface area contributed by atoms with E-state index in [9.17, 15) is 0 Å². The van der Waals surface area contributed by atoms with Gasteiger partial charge in [-0.3, -0.25) is 5.32 Å². The maximum absolute atomic E-state index is 5.85. The van der Waals surface area contributed by atoms with Gasteiger partial charge in [0, 0.05) is 12.1 Å². The molecule has 0 aromatic rings. The van der Waals surface area contributed by atoms with Crippen LogP contribution in [0.1, 0.15) is 46.5 Å². The average Bonchev–Trinajstić information content (AvgIpc) is 2.19. The number of hydrogen-bond donors (Lipinski definition) is 2. The second-order valence-electron chi connectivity index (χ2n) is 3.76. The molecule has 2 heteroatoms. The molecule has 0 aliphatic carbocycles. The van der Waals surface area contributed by atoms with Crippen molar-refractivity contribution in [2.24, 2.45) is 5.73 Å². The largest absolute Gasteiger partial charge is 0.329 e. The molecule has 0 fully saturated rings. The predicted molar refractivity (Wildman–Crippen MR) is 63.1 cm³/mol. The van der Waals surface area contributed by atoms with Crippen LogP contribution in [0.4, 0.5) is 0 Å². The fraction of sp³-hybridized carbons (Fsp3) is 0.833. The number of nitrogens with one attached hydrogen (secondary N) is 1. The highest BCUT2D eigenvalue weighted by molar-refractivity contribution is 5.00. The third-order valence-electron chi connectivity index (χ3n) is 2.58. The fourth-order valence-electron chi connectivity index (χ4n) is 1.86. The molecule has 0 aromatic heterocycles. The first kappa shape index (κ1) is 13.5. The maximum Gasteiger partial charge on any atom is 0.0581 e. The first-order chi connectivity index (χ1) is 6.74. The molecule has 0 radical (unpaired) electrons. The Morgan fingerprint density at radius 3 is 2.14 bits per heavy atom. The van der Waals surface area contributed by atoms with Crippen LogP contribution in [-0.2, 0) is 0 Å². The Bertz CT molecular complexity index is 182. The molecule has 0 rings (SSSR count). The molecule has 0 aliphatic heterocycles. The van der Waals surface area contributed by atoms with Gasteiger partial charge in [-0.15, -0.1) is 5.92 Å². The highest BCUT2D eigenvalue weighted by Gasteiger charge is 2.24. The van der Waals surface area contributed by atoms with Crippen LogP contribution in [0.5, 0.6) is 0 Å². The Kier molecular flexibility index (Phi) is 7.55. The van der Waals surface area contributed by atoms with E-state index in [0.29, 0.717) is 6.54 Å². The molecule has 14 heavy (non-hydrogen) atoms. The van der Waals surface area contributed by atoms with Crippen LogP contribution >= 0.6 is 0 Å². The second-order valence-corrected chi connectivity index (χ2v) is 3.76. The standard InChI is InChI=1S/C12H24N2/c1-4-7-10-14-12(11-13,8-5-2)9-6-3/h14H,5-6,8-11,13H2,1-3H3. The lowest BCUT2D eigenvalue weighted by Gasteiger charge is -2.32. The number of rotatable bonds is 7. The van der Waals surface area contributed by atoms with Gasteiger partial charge >= 0.3 is 0 Å². The molecule has 0 unspecified atom stereocenters. The van der Waals surface area contributed by atoms with Crippen LogP contribution in [0.25, 0.3) is 0 Å². The normalized spacial score (nSPS) is 10.9. The van der Waals surface area contributed by atoms with Gasteiger partial charge in [0.25, 0.3) is 0 Å². The molecule has 2 nitrogen and oxygen atoms in total. The SMILES string of the molecule is CC#CCNC(CN)(CCC)CCC. The van der Waals surface area contributed by atoms with Crippen LogP contribution in [0.3, 0.4) is 0 Å². The Labute approximate surface area is 88.6 Å². The van der Waals surface area contributed by atoms with E-state index >= 15 is 0 Å². The summed E-state index contributed by atoms with van der Waals surface area (Å²) in [6, 6.07) is 0. The maximum atomic E-state index is 5.85. The lowest BCUT2D eigenvalue weighted by molar-refractivity contribution is 0.295. The fourth-order valence-corrected chi connectivity index (χ4v) is 1.86. The summed E-state index contributed by atoms with van der Waals surface area (Å²) >= 11 is 0. The summed E-state index contributed by atoms with van der Waals surface area (Å²) in [4.78, 5) is 0. The van der Waals surface area contributed by atoms with Crippen LogP contribution < -0.4 is 11.1 Å². The smallest absolute Gasteiger partial charge is 0.0581 e. The summed E-state index contributed by atoms with van der Waals surface area (Å²) in [5, 5.41) is 3.49. The minimum absolute atomic E-state index is 0.118. The van der Waals surface area contributed by atoms with Gasteiger partial charge in [-0.25, -0.2) is 0 Å². The molecule has 0 spiro atoms. The Hall–Kier alpha value is -0.520. The van der Waals surface area contributed by atoms with Crippen molar-refractivity contribution in [2.75, 3.05) is 13.1 Å².